The molecule has 0 radical (unpaired) electrons. The molecule has 3 aromatic rings. The molecule has 1 heterocycles. The summed E-state index contributed by atoms with van der Waals surface area (Å²) in [7, 11) is 0. The van der Waals surface area contributed by atoms with Crippen molar-refractivity contribution in [3.63, 3.8) is 0 Å². The number of hydrogen-bond acceptors (Lipinski definition) is 3. The van der Waals surface area contributed by atoms with Crippen LogP contribution in [-0.2, 0) is 16.8 Å². The fraction of sp³-hybridized carbons (Fsp3) is 0.357. The molecule has 31 heavy (non-hydrogen) atoms. The Morgan fingerprint density at radius 1 is 0.871 bits per heavy atom. The number of morpholine rings is 1. The molecule has 0 aromatic heterocycles. The van der Waals surface area contributed by atoms with E-state index in [2.05, 4.69) is 84.6 Å². The van der Waals surface area contributed by atoms with Gasteiger partial charge in [0, 0.05) is 25.6 Å². The van der Waals surface area contributed by atoms with E-state index in [1.54, 1.807) is 0 Å². The molecular formula is C28H33NO2. The number of benzene rings is 3. The summed E-state index contributed by atoms with van der Waals surface area (Å²) in [6.07, 6.45) is 1.50. The third-order valence-corrected chi connectivity index (χ3v) is 6.51. The second-order valence-corrected chi connectivity index (χ2v) is 8.65. The standard InChI is InChI=1S/C28H33NO2/c1-23-12-14-26(15-13-23)28(30,17-16-24-8-4-2-5-9-24)27(25-10-6-3-7-11-25)22-29-18-20-31-21-19-29/h2-15,27,30H,16-22H2,1H3. The molecule has 0 spiro atoms. The zero-order valence-corrected chi connectivity index (χ0v) is 18.4. The van der Waals surface area contributed by atoms with Crippen LogP contribution in [0, 0.1) is 6.92 Å². The van der Waals surface area contributed by atoms with Crippen LogP contribution in [0.15, 0.2) is 84.9 Å². The Labute approximate surface area is 186 Å². The molecule has 3 nitrogen and oxygen atoms in total. The fourth-order valence-corrected chi connectivity index (χ4v) is 4.60. The topological polar surface area (TPSA) is 32.7 Å². The molecular weight excluding hydrogens is 382 g/mol. The highest BCUT2D eigenvalue weighted by molar-refractivity contribution is 5.34. The minimum Gasteiger partial charge on any atom is -0.384 e. The number of rotatable bonds is 8. The minimum absolute atomic E-state index is 0.0294. The molecule has 1 aliphatic heterocycles. The van der Waals surface area contributed by atoms with Gasteiger partial charge in [0.15, 0.2) is 0 Å². The molecule has 3 aromatic carbocycles. The van der Waals surface area contributed by atoms with Crippen molar-refractivity contribution in [2.24, 2.45) is 0 Å². The summed E-state index contributed by atoms with van der Waals surface area (Å²) in [6, 6.07) is 29.4. The van der Waals surface area contributed by atoms with Crippen molar-refractivity contribution >= 4 is 0 Å². The predicted molar refractivity (Wildman–Crippen MR) is 126 cm³/mol. The van der Waals surface area contributed by atoms with Crippen molar-refractivity contribution in [3.8, 4) is 0 Å². The third-order valence-electron chi connectivity index (χ3n) is 6.51. The Morgan fingerprint density at radius 3 is 2.13 bits per heavy atom. The van der Waals surface area contributed by atoms with Gasteiger partial charge in [0.1, 0.15) is 0 Å². The highest BCUT2D eigenvalue weighted by Crippen LogP contribution is 2.41. The predicted octanol–water partition coefficient (Wildman–Crippen LogP) is 4.93. The molecule has 1 N–H and O–H groups in total. The molecule has 2 unspecified atom stereocenters. The number of hydrogen-bond donors (Lipinski definition) is 1. The Hall–Kier alpha value is -2.46. The van der Waals surface area contributed by atoms with Crippen molar-refractivity contribution in [1.29, 1.82) is 0 Å². The molecule has 0 aliphatic carbocycles. The molecule has 1 saturated heterocycles. The van der Waals surface area contributed by atoms with Gasteiger partial charge in [0.05, 0.1) is 18.8 Å². The lowest BCUT2D eigenvalue weighted by Gasteiger charge is -2.41. The van der Waals surface area contributed by atoms with Crippen LogP contribution in [0.3, 0.4) is 0 Å². The van der Waals surface area contributed by atoms with Crippen molar-refractivity contribution < 1.29 is 9.84 Å². The van der Waals surface area contributed by atoms with Gasteiger partial charge in [-0.05, 0) is 36.5 Å². The Morgan fingerprint density at radius 2 is 1.48 bits per heavy atom. The number of aryl methyl sites for hydroxylation is 2. The van der Waals surface area contributed by atoms with E-state index in [9.17, 15) is 5.11 Å². The van der Waals surface area contributed by atoms with Gasteiger partial charge in [-0.2, -0.15) is 0 Å². The van der Waals surface area contributed by atoms with Crippen LogP contribution in [0.2, 0.25) is 0 Å². The van der Waals surface area contributed by atoms with E-state index in [0.29, 0.717) is 6.42 Å². The summed E-state index contributed by atoms with van der Waals surface area (Å²) in [5, 5.41) is 12.4. The normalized spacial score (nSPS) is 17.7. The summed E-state index contributed by atoms with van der Waals surface area (Å²) in [6.45, 7) is 6.24. The van der Waals surface area contributed by atoms with Gasteiger partial charge < -0.3 is 9.84 Å². The average Bonchev–Trinajstić information content (AvgIpc) is 2.83. The van der Waals surface area contributed by atoms with E-state index >= 15 is 0 Å². The highest BCUT2D eigenvalue weighted by Gasteiger charge is 2.40. The summed E-state index contributed by atoms with van der Waals surface area (Å²) in [4.78, 5) is 2.43. The van der Waals surface area contributed by atoms with E-state index in [-0.39, 0.29) is 5.92 Å². The Kier molecular flexibility index (Phi) is 7.18. The van der Waals surface area contributed by atoms with Crippen molar-refractivity contribution in [2.75, 3.05) is 32.8 Å². The molecule has 4 rings (SSSR count). The lowest BCUT2D eigenvalue weighted by molar-refractivity contribution is -0.0279. The van der Waals surface area contributed by atoms with Crippen molar-refractivity contribution in [1.82, 2.24) is 4.90 Å². The maximum atomic E-state index is 12.4. The smallest absolute Gasteiger partial charge is 0.0980 e. The first-order valence-corrected chi connectivity index (χ1v) is 11.3. The molecule has 0 bridgehead atoms. The van der Waals surface area contributed by atoms with Gasteiger partial charge in [0.25, 0.3) is 0 Å². The van der Waals surface area contributed by atoms with E-state index in [1.165, 1.54) is 16.7 Å². The van der Waals surface area contributed by atoms with E-state index in [4.69, 9.17) is 4.74 Å². The van der Waals surface area contributed by atoms with Gasteiger partial charge in [-0.15, -0.1) is 0 Å². The van der Waals surface area contributed by atoms with Gasteiger partial charge in [0.2, 0.25) is 0 Å². The lowest BCUT2D eigenvalue weighted by Crippen LogP contribution is -2.45. The maximum absolute atomic E-state index is 12.4. The number of ether oxygens (including phenoxy) is 1. The van der Waals surface area contributed by atoms with Crippen molar-refractivity contribution in [3.05, 3.63) is 107 Å². The molecule has 3 heteroatoms. The fourth-order valence-electron chi connectivity index (χ4n) is 4.60. The Bertz CT molecular complexity index is 920. The molecule has 0 saturated carbocycles. The summed E-state index contributed by atoms with van der Waals surface area (Å²) in [5.74, 6) is -0.0294. The van der Waals surface area contributed by atoms with Crippen LogP contribution in [0.1, 0.15) is 34.6 Å². The van der Waals surface area contributed by atoms with E-state index in [0.717, 1.165) is 44.8 Å². The number of aliphatic hydroxyl groups is 1. The van der Waals surface area contributed by atoms with Crippen LogP contribution < -0.4 is 0 Å². The molecule has 0 amide bonds. The monoisotopic (exact) mass is 415 g/mol. The third kappa shape index (κ3) is 5.43. The van der Waals surface area contributed by atoms with Gasteiger partial charge >= 0.3 is 0 Å². The second-order valence-electron chi connectivity index (χ2n) is 8.65. The minimum atomic E-state index is -0.969. The molecule has 162 valence electrons. The first-order chi connectivity index (χ1) is 15.1. The first-order valence-electron chi connectivity index (χ1n) is 11.3. The summed E-state index contributed by atoms with van der Waals surface area (Å²) >= 11 is 0. The maximum Gasteiger partial charge on any atom is 0.0980 e. The molecule has 1 fully saturated rings. The second kappa shape index (κ2) is 10.2. The number of nitrogens with zero attached hydrogens (tertiary/aromatic N) is 1. The first kappa shape index (κ1) is 21.8. The van der Waals surface area contributed by atoms with Crippen LogP contribution in [0.5, 0.6) is 0 Å². The van der Waals surface area contributed by atoms with E-state index < -0.39 is 5.60 Å². The summed E-state index contributed by atoms with van der Waals surface area (Å²) in [5.41, 5.74) is 3.68. The van der Waals surface area contributed by atoms with Crippen LogP contribution >= 0.6 is 0 Å². The zero-order valence-electron chi connectivity index (χ0n) is 18.4. The lowest BCUT2D eigenvalue weighted by atomic mass is 9.73. The Balaban J connectivity index is 1.71. The quantitative estimate of drug-likeness (QED) is 0.566. The van der Waals surface area contributed by atoms with Crippen molar-refractivity contribution in [2.45, 2.75) is 31.3 Å². The van der Waals surface area contributed by atoms with Gasteiger partial charge in [-0.1, -0.05) is 90.5 Å². The van der Waals surface area contributed by atoms with Gasteiger partial charge in [-0.25, -0.2) is 0 Å². The SMILES string of the molecule is Cc1ccc(C(O)(CCc2ccccc2)C(CN2CCOCC2)c2ccccc2)cc1. The highest BCUT2D eigenvalue weighted by atomic mass is 16.5. The summed E-state index contributed by atoms with van der Waals surface area (Å²) < 4.78 is 5.57. The van der Waals surface area contributed by atoms with Crippen LogP contribution in [0.4, 0.5) is 0 Å². The van der Waals surface area contributed by atoms with Crippen LogP contribution in [-0.4, -0.2) is 42.9 Å². The van der Waals surface area contributed by atoms with Crippen LogP contribution in [0.25, 0.3) is 0 Å². The van der Waals surface area contributed by atoms with E-state index in [1.807, 2.05) is 12.1 Å². The largest absolute Gasteiger partial charge is 0.384 e. The zero-order chi connectivity index (χ0) is 21.5. The van der Waals surface area contributed by atoms with Gasteiger partial charge in [-0.3, -0.25) is 4.90 Å². The molecule has 1 aliphatic rings. The average molecular weight is 416 g/mol. The molecule has 2 atom stereocenters.